The summed E-state index contributed by atoms with van der Waals surface area (Å²) < 4.78 is 27.5. The monoisotopic (exact) mass is 312 g/mol. The minimum Gasteiger partial charge on any atom is -0.399 e. The van der Waals surface area contributed by atoms with Crippen LogP contribution in [0.1, 0.15) is 52.0 Å². The van der Waals surface area contributed by atoms with Gasteiger partial charge in [0.15, 0.2) is 0 Å². The molecule has 4 nitrogen and oxygen atoms in total. The van der Waals surface area contributed by atoms with Gasteiger partial charge in [-0.1, -0.05) is 39.7 Å². The highest BCUT2D eigenvalue weighted by Gasteiger charge is 2.25. The molecule has 0 bridgehead atoms. The summed E-state index contributed by atoms with van der Waals surface area (Å²) in [4.78, 5) is 0.372. The van der Waals surface area contributed by atoms with E-state index < -0.39 is 10.0 Å². The summed E-state index contributed by atoms with van der Waals surface area (Å²) in [6.45, 7) is 7.27. The van der Waals surface area contributed by atoms with Crippen molar-refractivity contribution in [2.75, 3.05) is 18.8 Å². The van der Waals surface area contributed by atoms with Crippen LogP contribution in [0.15, 0.2) is 23.1 Å². The Balaban J connectivity index is 3.17. The Morgan fingerprint density at radius 2 is 1.62 bits per heavy atom. The zero-order chi connectivity index (χ0) is 15.9. The first-order chi connectivity index (χ1) is 9.97. The average molecular weight is 312 g/mol. The minimum absolute atomic E-state index is 0.372. The highest BCUT2D eigenvalue weighted by atomic mass is 32.2. The lowest BCUT2D eigenvalue weighted by Gasteiger charge is -2.23. The molecule has 0 aromatic heterocycles. The van der Waals surface area contributed by atoms with Gasteiger partial charge >= 0.3 is 0 Å². The number of nitrogens with two attached hydrogens (primary N) is 1. The molecule has 0 unspecified atom stereocenters. The van der Waals surface area contributed by atoms with Crippen LogP contribution < -0.4 is 5.73 Å². The Bertz CT molecular complexity index is 533. The Labute approximate surface area is 129 Å². The average Bonchev–Trinajstić information content (AvgIpc) is 2.47. The zero-order valence-corrected chi connectivity index (χ0v) is 14.2. The molecular formula is C16H28N2O2S. The summed E-state index contributed by atoms with van der Waals surface area (Å²) in [6.07, 6.45) is 4.41. The van der Waals surface area contributed by atoms with Crippen LogP contribution in [0.25, 0.3) is 0 Å². The Morgan fingerprint density at radius 3 is 2.10 bits per heavy atom. The van der Waals surface area contributed by atoms with Crippen LogP contribution in [0.3, 0.4) is 0 Å². The molecule has 21 heavy (non-hydrogen) atoms. The molecule has 0 atom stereocenters. The van der Waals surface area contributed by atoms with E-state index in [1.807, 2.05) is 13.0 Å². The van der Waals surface area contributed by atoms with Crippen molar-refractivity contribution in [3.05, 3.63) is 23.8 Å². The van der Waals surface area contributed by atoms with Crippen molar-refractivity contribution >= 4 is 15.7 Å². The lowest BCUT2D eigenvalue weighted by molar-refractivity contribution is 0.395. The molecule has 0 amide bonds. The minimum atomic E-state index is -3.46. The molecule has 0 heterocycles. The second-order valence-electron chi connectivity index (χ2n) is 5.33. The molecule has 0 aliphatic heterocycles. The van der Waals surface area contributed by atoms with E-state index in [0.29, 0.717) is 30.1 Å². The molecule has 2 N–H and O–H groups in total. The van der Waals surface area contributed by atoms with Gasteiger partial charge in [0.25, 0.3) is 0 Å². The van der Waals surface area contributed by atoms with Crippen molar-refractivity contribution in [2.24, 2.45) is 0 Å². The van der Waals surface area contributed by atoms with Crippen molar-refractivity contribution in [3.8, 4) is 0 Å². The number of nitrogen functional groups attached to an aromatic ring is 1. The maximum absolute atomic E-state index is 12.9. The van der Waals surface area contributed by atoms with Crippen LogP contribution in [0.5, 0.6) is 0 Å². The fraction of sp³-hybridized carbons (Fsp3) is 0.625. The molecule has 0 saturated heterocycles. The molecule has 0 spiro atoms. The van der Waals surface area contributed by atoms with Crippen molar-refractivity contribution in [3.63, 3.8) is 0 Å². The molecule has 1 aromatic carbocycles. The third-order valence-corrected chi connectivity index (χ3v) is 5.59. The van der Waals surface area contributed by atoms with Gasteiger partial charge in [0, 0.05) is 18.8 Å². The van der Waals surface area contributed by atoms with Crippen LogP contribution in [0, 0.1) is 0 Å². The fourth-order valence-electron chi connectivity index (χ4n) is 2.26. The second kappa shape index (κ2) is 8.39. The standard InChI is InChI=1S/C16H28N2O2S/c1-4-7-11-18(12-8-5-2)21(19,20)16-13-15(17)10-9-14(16)6-3/h9-10,13H,4-8,11-12,17H2,1-3H3. The first kappa shape index (κ1) is 18.0. The number of benzene rings is 1. The number of unbranched alkanes of at least 4 members (excludes halogenated alkanes) is 2. The third kappa shape index (κ3) is 4.71. The largest absolute Gasteiger partial charge is 0.399 e. The highest BCUT2D eigenvalue weighted by Crippen LogP contribution is 2.24. The number of hydrogen-bond donors (Lipinski definition) is 1. The van der Waals surface area contributed by atoms with Crippen LogP contribution in [-0.4, -0.2) is 25.8 Å². The predicted molar refractivity (Wildman–Crippen MR) is 88.8 cm³/mol. The molecule has 0 saturated carbocycles. The van der Waals surface area contributed by atoms with Gasteiger partial charge in [-0.05, 0) is 37.0 Å². The SMILES string of the molecule is CCCCN(CCCC)S(=O)(=O)c1cc(N)ccc1CC. The van der Waals surface area contributed by atoms with E-state index >= 15 is 0 Å². The van der Waals surface area contributed by atoms with E-state index in [1.165, 1.54) is 0 Å². The van der Waals surface area contributed by atoms with E-state index in [0.717, 1.165) is 31.2 Å². The van der Waals surface area contributed by atoms with E-state index in [9.17, 15) is 8.42 Å². The lowest BCUT2D eigenvalue weighted by atomic mass is 10.1. The summed E-state index contributed by atoms with van der Waals surface area (Å²) in [5.74, 6) is 0. The number of sulfonamides is 1. The summed E-state index contributed by atoms with van der Waals surface area (Å²) in [7, 11) is -3.46. The van der Waals surface area contributed by atoms with E-state index in [4.69, 9.17) is 5.73 Å². The van der Waals surface area contributed by atoms with Crippen LogP contribution in [0.4, 0.5) is 5.69 Å². The van der Waals surface area contributed by atoms with Crippen molar-refractivity contribution in [1.82, 2.24) is 4.31 Å². The van der Waals surface area contributed by atoms with Gasteiger partial charge in [-0.3, -0.25) is 0 Å². The number of aryl methyl sites for hydroxylation is 1. The van der Waals surface area contributed by atoms with Crippen LogP contribution in [0.2, 0.25) is 0 Å². The maximum atomic E-state index is 12.9. The normalized spacial score (nSPS) is 12.0. The topological polar surface area (TPSA) is 63.4 Å². The molecule has 120 valence electrons. The van der Waals surface area contributed by atoms with Crippen LogP contribution >= 0.6 is 0 Å². The number of nitrogens with zero attached hydrogens (tertiary/aromatic N) is 1. The Hall–Kier alpha value is -1.07. The van der Waals surface area contributed by atoms with E-state index in [2.05, 4.69) is 13.8 Å². The predicted octanol–water partition coefficient (Wildman–Crippen LogP) is 3.42. The lowest BCUT2D eigenvalue weighted by Crippen LogP contribution is -2.33. The number of anilines is 1. The molecule has 0 aliphatic carbocycles. The van der Waals surface area contributed by atoms with Gasteiger partial charge in [-0.2, -0.15) is 4.31 Å². The second-order valence-corrected chi connectivity index (χ2v) is 7.24. The molecule has 0 aliphatic rings. The van der Waals surface area contributed by atoms with Crippen molar-refractivity contribution < 1.29 is 8.42 Å². The maximum Gasteiger partial charge on any atom is 0.243 e. The van der Waals surface area contributed by atoms with Crippen molar-refractivity contribution in [2.45, 2.75) is 57.8 Å². The van der Waals surface area contributed by atoms with E-state index in [-0.39, 0.29) is 0 Å². The molecule has 0 radical (unpaired) electrons. The van der Waals surface area contributed by atoms with Gasteiger partial charge in [0.1, 0.15) is 0 Å². The molecule has 5 heteroatoms. The highest BCUT2D eigenvalue weighted by molar-refractivity contribution is 7.89. The van der Waals surface area contributed by atoms with Gasteiger partial charge in [-0.25, -0.2) is 8.42 Å². The number of hydrogen-bond acceptors (Lipinski definition) is 3. The molecule has 1 rings (SSSR count). The smallest absolute Gasteiger partial charge is 0.243 e. The van der Waals surface area contributed by atoms with Gasteiger partial charge in [0.2, 0.25) is 10.0 Å². The first-order valence-electron chi connectivity index (χ1n) is 7.85. The first-order valence-corrected chi connectivity index (χ1v) is 9.29. The molecule has 1 aromatic rings. The fourth-order valence-corrected chi connectivity index (χ4v) is 4.11. The van der Waals surface area contributed by atoms with Crippen LogP contribution in [-0.2, 0) is 16.4 Å². The van der Waals surface area contributed by atoms with Gasteiger partial charge < -0.3 is 5.73 Å². The zero-order valence-electron chi connectivity index (χ0n) is 13.4. The molecule has 0 fully saturated rings. The summed E-state index contributed by atoms with van der Waals surface area (Å²) in [5.41, 5.74) is 7.13. The Kier molecular flexibility index (Phi) is 7.18. The van der Waals surface area contributed by atoms with E-state index in [1.54, 1.807) is 16.4 Å². The quantitative estimate of drug-likeness (QED) is 0.711. The van der Waals surface area contributed by atoms with Gasteiger partial charge in [0.05, 0.1) is 4.90 Å². The molecular weight excluding hydrogens is 284 g/mol. The number of rotatable bonds is 9. The van der Waals surface area contributed by atoms with Crippen molar-refractivity contribution in [1.29, 1.82) is 0 Å². The summed E-state index contributed by atoms with van der Waals surface area (Å²) in [5, 5.41) is 0. The third-order valence-electron chi connectivity index (χ3n) is 3.61. The summed E-state index contributed by atoms with van der Waals surface area (Å²) >= 11 is 0. The van der Waals surface area contributed by atoms with Gasteiger partial charge in [-0.15, -0.1) is 0 Å². The Morgan fingerprint density at radius 1 is 1.05 bits per heavy atom. The summed E-state index contributed by atoms with van der Waals surface area (Å²) in [6, 6.07) is 5.18.